The summed E-state index contributed by atoms with van der Waals surface area (Å²) in [4.78, 5) is 15.1. The van der Waals surface area contributed by atoms with Gasteiger partial charge >= 0.3 is 5.97 Å². The number of aryl methyl sites for hydroxylation is 1. The van der Waals surface area contributed by atoms with E-state index in [0.717, 1.165) is 34.9 Å². The maximum atomic E-state index is 10.6. The average Bonchev–Trinajstić information content (AvgIpc) is 2.86. The highest BCUT2D eigenvalue weighted by Gasteiger charge is 2.04. The Labute approximate surface area is 122 Å². The number of aromatic nitrogens is 1. The molecule has 1 heterocycles. The molecule has 2 aromatic rings. The van der Waals surface area contributed by atoms with Crippen molar-refractivity contribution in [2.24, 2.45) is 0 Å². The van der Waals surface area contributed by atoms with Gasteiger partial charge in [0.2, 0.25) is 0 Å². The van der Waals surface area contributed by atoms with E-state index in [1.54, 1.807) is 35.6 Å². The second kappa shape index (κ2) is 7.05. The zero-order valence-electron chi connectivity index (χ0n) is 11.3. The first-order valence-electron chi connectivity index (χ1n) is 6.54. The molecule has 0 bridgehead atoms. The van der Waals surface area contributed by atoms with Crippen molar-refractivity contribution < 1.29 is 14.6 Å². The fraction of sp³-hybridized carbons (Fsp3) is 0.333. The highest BCUT2D eigenvalue weighted by molar-refractivity contribution is 7.09. The van der Waals surface area contributed by atoms with Crippen LogP contribution in [0.4, 0.5) is 0 Å². The number of thiazole rings is 1. The Morgan fingerprint density at radius 3 is 2.75 bits per heavy atom. The molecule has 0 radical (unpaired) electrons. The fourth-order valence-corrected chi connectivity index (χ4v) is 2.66. The number of aliphatic carboxylic acids is 1. The zero-order chi connectivity index (χ0) is 14.4. The van der Waals surface area contributed by atoms with Crippen molar-refractivity contribution in [1.82, 2.24) is 4.98 Å². The standard InChI is InChI=1S/C15H17NO3S/c1-2-3-14-16-12(10-20-14)9-19-13-6-4-11(5-7-13)8-15(17)18/h4-7,10H,2-3,8-9H2,1H3,(H,17,18). The lowest BCUT2D eigenvalue weighted by Crippen LogP contribution is -2.00. The number of rotatable bonds is 7. The molecule has 0 aliphatic rings. The molecule has 0 saturated carbocycles. The number of carboxylic acid groups (broad SMARTS) is 1. The van der Waals surface area contributed by atoms with Crippen LogP contribution in [-0.2, 0) is 24.2 Å². The molecule has 1 N–H and O–H groups in total. The number of carbonyl (C=O) groups is 1. The van der Waals surface area contributed by atoms with Gasteiger partial charge in [-0.1, -0.05) is 19.1 Å². The molecule has 0 fully saturated rings. The van der Waals surface area contributed by atoms with Gasteiger partial charge in [-0.15, -0.1) is 11.3 Å². The third-order valence-corrected chi connectivity index (χ3v) is 3.69. The largest absolute Gasteiger partial charge is 0.487 e. The van der Waals surface area contributed by atoms with E-state index >= 15 is 0 Å². The summed E-state index contributed by atoms with van der Waals surface area (Å²) in [5, 5.41) is 11.9. The van der Waals surface area contributed by atoms with Crippen molar-refractivity contribution in [3.05, 3.63) is 45.9 Å². The van der Waals surface area contributed by atoms with Crippen molar-refractivity contribution in [2.75, 3.05) is 0 Å². The first kappa shape index (κ1) is 14.5. The van der Waals surface area contributed by atoms with Crippen molar-refractivity contribution in [3.8, 4) is 5.75 Å². The van der Waals surface area contributed by atoms with Gasteiger partial charge in [-0.25, -0.2) is 4.98 Å². The molecule has 20 heavy (non-hydrogen) atoms. The lowest BCUT2D eigenvalue weighted by atomic mass is 10.1. The van der Waals surface area contributed by atoms with E-state index in [2.05, 4.69) is 11.9 Å². The van der Waals surface area contributed by atoms with Crippen LogP contribution in [0, 0.1) is 0 Å². The number of benzene rings is 1. The smallest absolute Gasteiger partial charge is 0.307 e. The maximum absolute atomic E-state index is 10.6. The minimum Gasteiger partial charge on any atom is -0.487 e. The molecular formula is C15H17NO3S. The summed E-state index contributed by atoms with van der Waals surface area (Å²) in [5.74, 6) is -0.103. The Balaban J connectivity index is 1.88. The second-order valence-corrected chi connectivity index (χ2v) is 5.43. The van der Waals surface area contributed by atoms with Gasteiger partial charge in [0.15, 0.2) is 0 Å². The van der Waals surface area contributed by atoms with Crippen molar-refractivity contribution in [2.45, 2.75) is 32.8 Å². The summed E-state index contributed by atoms with van der Waals surface area (Å²) in [6, 6.07) is 7.12. The molecule has 1 aromatic carbocycles. The van der Waals surface area contributed by atoms with Gasteiger partial charge < -0.3 is 9.84 Å². The van der Waals surface area contributed by atoms with E-state index in [-0.39, 0.29) is 6.42 Å². The predicted octanol–water partition coefficient (Wildman–Crippen LogP) is 3.30. The van der Waals surface area contributed by atoms with Crippen LogP contribution in [0.3, 0.4) is 0 Å². The van der Waals surface area contributed by atoms with Crippen LogP contribution in [0.25, 0.3) is 0 Å². The summed E-state index contributed by atoms with van der Waals surface area (Å²) in [6.45, 7) is 2.58. The van der Waals surface area contributed by atoms with E-state index in [9.17, 15) is 4.79 Å². The van der Waals surface area contributed by atoms with Crippen LogP contribution in [-0.4, -0.2) is 16.1 Å². The number of nitrogens with zero attached hydrogens (tertiary/aromatic N) is 1. The van der Waals surface area contributed by atoms with E-state index < -0.39 is 5.97 Å². The Hall–Kier alpha value is -1.88. The van der Waals surface area contributed by atoms with Gasteiger partial charge in [0.1, 0.15) is 12.4 Å². The van der Waals surface area contributed by atoms with Gasteiger partial charge in [-0.3, -0.25) is 4.79 Å². The van der Waals surface area contributed by atoms with Gasteiger partial charge in [0, 0.05) is 5.38 Å². The molecule has 5 heteroatoms. The lowest BCUT2D eigenvalue weighted by molar-refractivity contribution is -0.136. The number of hydrogen-bond donors (Lipinski definition) is 1. The lowest BCUT2D eigenvalue weighted by Gasteiger charge is -2.05. The highest BCUT2D eigenvalue weighted by atomic mass is 32.1. The van der Waals surface area contributed by atoms with E-state index in [0.29, 0.717) is 6.61 Å². The van der Waals surface area contributed by atoms with Crippen molar-refractivity contribution in [3.63, 3.8) is 0 Å². The average molecular weight is 291 g/mol. The predicted molar refractivity (Wildman–Crippen MR) is 78.2 cm³/mol. The molecule has 0 saturated heterocycles. The third-order valence-electron chi connectivity index (χ3n) is 2.73. The summed E-state index contributed by atoms with van der Waals surface area (Å²) < 4.78 is 5.64. The topological polar surface area (TPSA) is 59.4 Å². The molecule has 0 spiro atoms. The molecule has 0 amide bonds. The minimum atomic E-state index is -0.829. The quantitative estimate of drug-likeness (QED) is 0.850. The summed E-state index contributed by atoms with van der Waals surface area (Å²) in [5.41, 5.74) is 1.71. The summed E-state index contributed by atoms with van der Waals surface area (Å²) in [6.07, 6.45) is 2.14. The normalized spacial score (nSPS) is 10.4. The molecule has 106 valence electrons. The van der Waals surface area contributed by atoms with E-state index in [1.807, 2.05) is 5.38 Å². The zero-order valence-corrected chi connectivity index (χ0v) is 12.2. The summed E-state index contributed by atoms with van der Waals surface area (Å²) in [7, 11) is 0. The van der Waals surface area contributed by atoms with Gasteiger partial charge in [0.25, 0.3) is 0 Å². The molecule has 4 nitrogen and oxygen atoms in total. The Morgan fingerprint density at radius 1 is 1.35 bits per heavy atom. The third kappa shape index (κ3) is 4.35. The van der Waals surface area contributed by atoms with Gasteiger partial charge in [-0.05, 0) is 30.5 Å². The van der Waals surface area contributed by atoms with Gasteiger partial charge in [-0.2, -0.15) is 0 Å². The maximum Gasteiger partial charge on any atom is 0.307 e. The van der Waals surface area contributed by atoms with Gasteiger partial charge in [0.05, 0.1) is 17.1 Å². The molecule has 1 aromatic heterocycles. The van der Waals surface area contributed by atoms with Crippen LogP contribution in [0.5, 0.6) is 5.75 Å². The van der Waals surface area contributed by atoms with E-state index in [4.69, 9.17) is 9.84 Å². The molecular weight excluding hydrogens is 274 g/mol. The first-order chi connectivity index (χ1) is 9.67. The van der Waals surface area contributed by atoms with Crippen LogP contribution in [0.1, 0.15) is 29.6 Å². The van der Waals surface area contributed by atoms with Crippen molar-refractivity contribution >= 4 is 17.3 Å². The molecule has 0 atom stereocenters. The second-order valence-electron chi connectivity index (χ2n) is 4.49. The molecule has 2 rings (SSSR count). The Kier molecular flexibility index (Phi) is 5.12. The number of ether oxygens (including phenoxy) is 1. The molecule has 0 aliphatic heterocycles. The number of carboxylic acids is 1. The van der Waals surface area contributed by atoms with Crippen LogP contribution >= 0.6 is 11.3 Å². The monoisotopic (exact) mass is 291 g/mol. The Bertz CT molecular complexity index is 563. The fourth-order valence-electron chi connectivity index (χ4n) is 1.78. The van der Waals surface area contributed by atoms with Crippen LogP contribution in [0.2, 0.25) is 0 Å². The van der Waals surface area contributed by atoms with E-state index in [1.165, 1.54) is 0 Å². The Morgan fingerprint density at radius 2 is 2.10 bits per heavy atom. The van der Waals surface area contributed by atoms with Crippen molar-refractivity contribution in [1.29, 1.82) is 0 Å². The SMILES string of the molecule is CCCc1nc(COc2ccc(CC(=O)O)cc2)cs1. The molecule has 0 aliphatic carbocycles. The highest BCUT2D eigenvalue weighted by Crippen LogP contribution is 2.16. The van der Waals surface area contributed by atoms with Crippen LogP contribution < -0.4 is 4.74 Å². The number of hydrogen-bond acceptors (Lipinski definition) is 4. The summed E-state index contributed by atoms with van der Waals surface area (Å²) >= 11 is 1.66. The first-order valence-corrected chi connectivity index (χ1v) is 7.42. The van der Waals surface area contributed by atoms with Crippen LogP contribution in [0.15, 0.2) is 29.6 Å². The minimum absolute atomic E-state index is 0.0345. The molecule has 0 unspecified atom stereocenters.